The van der Waals surface area contributed by atoms with Crippen LogP contribution in [0.4, 0.5) is 5.95 Å². The number of hydrogen-bond donors (Lipinski definition) is 3. The fraction of sp³-hybridized carbons (Fsp3) is 0.478. The predicted octanol–water partition coefficient (Wildman–Crippen LogP) is 2.17. The monoisotopic (exact) mass is 549 g/mol. The van der Waals surface area contributed by atoms with Gasteiger partial charge in [-0.2, -0.15) is 15.1 Å². The fourth-order valence-electron chi connectivity index (χ4n) is 4.13. The first-order valence-corrected chi connectivity index (χ1v) is 13.5. The van der Waals surface area contributed by atoms with Crippen molar-refractivity contribution in [1.82, 2.24) is 24.6 Å². The van der Waals surface area contributed by atoms with Crippen LogP contribution in [0.15, 0.2) is 36.7 Å². The van der Waals surface area contributed by atoms with Gasteiger partial charge in [0.25, 0.3) is 0 Å². The lowest BCUT2D eigenvalue weighted by Crippen LogP contribution is -2.41. The summed E-state index contributed by atoms with van der Waals surface area (Å²) in [5.74, 6) is -0.0577. The number of nitrogens with zero attached hydrogens (tertiary/aromatic N) is 4. The van der Waals surface area contributed by atoms with Gasteiger partial charge in [-0.1, -0.05) is 18.2 Å². The second-order valence-electron chi connectivity index (χ2n) is 9.04. The van der Waals surface area contributed by atoms with E-state index in [9.17, 15) is 9.36 Å². The van der Waals surface area contributed by atoms with Crippen molar-refractivity contribution in [3.8, 4) is 11.6 Å². The second-order valence-corrected chi connectivity index (χ2v) is 10.7. The average Bonchev–Trinajstić information content (AvgIpc) is 3.42. The van der Waals surface area contributed by atoms with Crippen LogP contribution >= 0.6 is 7.75 Å². The van der Waals surface area contributed by atoms with Gasteiger partial charge in [0.1, 0.15) is 11.8 Å². The number of methoxy groups -OCH3 is 1. The summed E-state index contributed by atoms with van der Waals surface area (Å²) in [6.45, 7) is 5.35. The molecule has 5 N–H and O–H groups in total. The van der Waals surface area contributed by atoms with E-state index in [1.807, 2.05) is 13.8 Å². The number of benzene rings is 1. The van der Waals surface area contributed by atoms with Crippen molar-refractivity contribution in [2.45, 2.75) is 51.1 Å². The van der Waals surface area contributed by atoms with Gasteiger partial charge in [-0.15, -0.1) is 0 Å². The zero-order valence-corrected chi connectivity index (χ0v) is 22.5. The number of rotatable bonds is 11. The van der Waals surface area contributed by atoms with E-state index in [-0.39, 0.29) is 18.4 Å². The number of imidazole rings is 1. The molecule has 1 fully saturated rings. The van der Waals surface area contributed by atoms with Crippen molar-refractivity contribution < 1.29 is 32.6 Å². The Morgan fingerprint density at radius 3 is 2.76 bits per heavy atom. The van der Waals surface area contributed by atoms with Crippen molar-refractivity contribution in [2.24, 2.45) is 5.73 Å². The number of ether oxygens (including phenoxy) is 3. The van der Waals surface area contributed by atoms with E-state index in [0.717, 1.165) is 0 Å². The molecule has 4 rings (SSSR count). The molecule has 1 saturated heterocycles. The number of nitrogens with one attached hydrogen (secondary N) is 1. The number of para-hydroxylation sites is 1. The molecule has 0 aliphatic carbocycles. The summed E-state index contributed by atoms with van der Waals surface area (Å²) in [7, 11) is -2.81. The quantitative estimate of drug-likeness (QED) is 0.233. The highest BCUT2D eigenvalue weighted by molar-refractivity contribution is 7.52. The third kappa shape index (κ3) is 6.05. The van der Waals surface area contributed by atoms with Crippen LogP contribution in [0.2, 0.25) is 0 Å². The topological polar surface area (TPSA) is 188 Å². The Labute approximate surface area is 219 Å². The number of hydrogen-bond acceptors (Lipinski definition) is 12. The lowest BCUT2D eigenvalue weighted by molar-refractivity contribution is -0.142. The van der Waals surface area contributed by atoms with Crippen LogP contribution in [0.3, 0.4) is 0 Å². The van der Waals surface area contributed by atoms with E-state index in [4.69, 9.17) is 34.7 Å². The van der Waals surface area contributed by atoms with Crippen molar-refractivity contribution in [3.63, 3.8) is 0 Å². The maximum Gasteiger partial charge on any atom is 0.459 e. The highest BCUT2D eigenvalue weighted by atomic mass is 31.2. The number of carbonyl (C=O) groups is 1. The van der Waals surface area contributed by atoms with E-state index >= 15 is 0 Å². The van der Waals surface area contributed by atoms with Gasteiger partial charge in [-0.25, -0.2) is 9.55 Å². The van der Waals surface area contributed by atoms with Crippen molar-refractivity contribution in [3.05, 3.63) is 36.7 Å². The number of esters is 1. The van der Waals surface area contributed by atoms with E-state index in [1.54, 1.807) is 34.9 Å². The maximum absolute atomic E-state index is 13.6. The first-order chi connectivity index (χ1) is 18.0. The lowest BCUT2D eigenvalue weighted by Gasteiger charge is -2.26. The SMILES string of the molecule is CCOc1nc(N)nc2c1ncn2[C@@H]1OC(COP(=O)(N[C@@H](C)C(=O)OC)Oc2ccccc2)C[C@@]1(C)N. The molecule has 206 valence electrons. The van der Waals surface area contributed by atoms with E-state index in [2.05, 4.69) is 20.0 Å². The fourth-order valence-corrected chi connectivity index (χ4v) is 5.65. The van der Waals surface area contributed by atoms with E-state index in [1.165, 1.54) is 20.4 Å². The molecule has 0 spiro atoms. The van der Waals surface area contributed by atoms with Gasteiger partial charge in [0.15, 0.2) is 17.4 Å². The maximum atomic E-state index is 13.6. The standard InChI is InChI=1S/C23H32N7O7P/c1-5-34-19-17-18(27-22(24)28-19)30(13-26-17)21-23(3,25)11-16(36-21)12-35-38(32,29-14(2)20(31)33-4)37-15-9-7-6-8-10-15/h6-10,13-14,16,21H,5,11-12,25H2,1-4H3,(H,29,32)(H2,24,27,28)/t14-,16?,21+,23+,38?/m0/s1. The van der Waals surface area contributed by atoms with Crippen LogP contribution in [0, 0.1) is 0 Å². The van der Waals surface area contributed by atoms with Gasteiger partial charge < -0.3 is 30.2 Å². The number of anilines is 1. The molecule has 15 heteroatoms. The van der Waals surface area contributed by atoms with Gasteiger partial charge in [0, 0.05) is 0 Å². The second kappa shape index (κ2) is 11.2. The molecule has 0 radical (unpaired) electrons. The number of aromatic nitrogens is 4. The summed E-state index contributed by atoms with van der Waals surface area (Å²) in [5.41, 5.74) is 12.4. The van der Waals surface area contributed by atoms with Gasteiger partial charge in [0.05, 0.1) is 38.3 Å². The molecule has 0 saturated carbocycles. The molecule has 2 unspecified atom stereocenters. The lowest BCUT2D eigenvalue weighted by atomic mass is 9.97. The Morgan fingerprint density at radius 2 is 2.08 bits per heavy atom. The molecule has 3 aromatic rings. The molecule has 5 atom stereocenters. The smallest absolute Gasteiger partial charge is 0.459 e. The molecule has 0 amide bonds. The minimum Gasteiger partial charge on any atom is -0.476 e. The molecule has 1 aliphatic rings. The summed E-state index contributed by atoms with van der Waals surface area (Å²) in [6.07, 6.45) is 0.583. The molecular formula is C23H32N7O7P. The number of nitrogen functional groups attached to an aromatic ring is 1. The number of carbonyl (C=O) groups excluding carboxylic acids is 1. The van der Waals surface area contributed by atoms with Gasteiger partial charge in [0.2, 0.25) is 11.8 Å². The minimum atomic E-state index is -4.04. The Hall–Kier alpha value is -3.29. The minimum absolute atomic E-state index is 0.0177. The third-order valence-corrected chi connectivity index (χ3v) is 7.44. The third-order valence-electron chi connectivity index (χ3n) is 5.80. The summed E-state index contributed by atoms with van der Waals surface area (Å²) in [6, 6.07) is 7.50. The van der Waals surface area contributed by atoms with E-state index < -0.39 is 37.6 Å². The first kappa shape index (κ1) is 27.7. The number of fused-ring (bicyclic) bond motifs is 1. The molecule has 14 nitrogen and oxygen atoms in total. The summed E-state index contributed by atoms with van der Waals surface area (Å²) in [5, 5.41) is 2.61. The molecule has 2 aromatic heterocycles. The first-order valence-electron chi connectivity index (χ1n) is 12.0. The van der Waals surface area contributed by atoms with Crippen LogP contribution in [-0.2, 0) is 23.4 Å². The van der Waals surface area contributed by atoms with Crippen LogP contribution in [0.5, 0.6) is 11.6 Å². The largest absolute Gasteiger partial charge is 0.476 e. The average molecular weight is 550 g/mol. The van der Waals surface area contributed by atoms with Crippen molar-refractivity contribution in [2.75, 3.05) is 26.1 Å². The predicted molar refractivity (Wildman–Crippen MR) is 137 cm³/mol. The van der Waals surface area contributed by atoms with Crippen LogP contribution in [-0.4, -0.2) is 63.5 Å². The summed E-state index contributed by atoms with van der Waals surface area (Å²) in [4.78, 5) is 24.8. The highest BCUT2D eigenvalue weighted by Gasteiger charge is 2.45. The Bertz CT molecular complexity index is 1320. The van der Waals surface area contributed by atoms with E-state index in [0.29, 0.717) is 29.9 Å². The Morgan fingerprint density at radius 1 is 1.34 bits per heavy atom. The zero-order valence-electron chi connectivity index (χ0n) is 21.6. The van der Waals surface area contributed by atoms with Crippen LogP contribution < -0.4 is 25.8 Å². The molecule has 0 bridgehead atoms. The normalized spacial score (nSPS) is 23.6. The van der Waals surface area contributed by atoms with Crippen molar-refractivity contribution in [1.29, 1.82) is 0 Å². The highest BCUT2D eigenvalue weighted by Crippen LogP contribution is 2.47. The van der Waals surface area contributed by atoms with Gasteiger partial charge in [-0.3, -0.25) is 13.9 Å². The number of nitrogens with two attached hydrogens (primary N) is 2. The van der Waals surface area contributed by atoms with Crippen LogP contribution in [0.1, 0.15) is 33.4 Å². The summed E-state index contributed by atoms with van der Waals surface area (Å²) < 4.78 is 43.2. The molecule has 3 heterocycles. The van der Waals surface area contributed by atoms with Gasteiger partial charge in [-0.05, 0) is 39.3 Å². The summed E-state index contributed by atoms with van der Waals surface area (Å²) >= 11 is 0. The Kier molecular flexibility index (Phi) is 8.19. The Balaban J connectivity index is 1.53. The molecule has 38 heavy (non-hydrogen) atoms. The molecular weight excluding hydrogens is 517 g/mol. The zero-order chi connectivity index (χ0) is 27.5. The van der Waals surface area contributed by atoms with Crippen LogP contribution in [0.25, 0.3) is 11.2 Å². The molecule has 1 aliphatic heterocycles. The van der Waals surface area contributed by atoms with Crippen molar-refractivity contribution >= 4 is 30.8 Å². The van der Waals surface area contributed by atoms with Gasteiger partial charge >= 0.3 is 13.7 Å². The molecule has 1 aromatic carbocycles.